The van der Waals surface area contributed by atoms with Gasteiger partial charge in [0, 0.05) is 37.8 Å². The van der Waals surface area contributed by atoms with Crippen molar-refractivity contribution in [2.45, 2.75) is 4.90 Å². The van der Waals surface area contributed by atoms with Crippen LogP contribution in [0.2, 0.25) is 0 Å². The second kappa shape index (κ2) is 7.72. The van der Waals surface area contributed by atoms with Crippen molar-refractivity contribution in [1.29, 1.82) is 0 Å². The minimum Gasteiger partial charge on any atom is -0.393 e. The lowest BCUT2D eigenvalue weighted by Crippen LogP contribution is -2.50. The lowest BCUT2D eigenvalue weighted by Gasteiger charge is -2.34. The Bertz CT molecular complexity index is 1090. The number of amides is 1. The quantitative estimate of drug-likeness (QED) is 0.450. The van der Waals surface area contributed by atoms with E-state index in [0.29, 0.717) is 6.07 Å². The molecular weight excluding hydrogens is 410 g/mol. The van der Waals surface area contributed by atoms with E-state index in [4.69, 9.17) is 5.73 Å². The Labute approximate surface area is 164 Å². The first-order valence-electron chi connectivity index (χ1n) is 8.39. The predicted molar refractivity (Wildman–Crippen MR) is 98.5 cm³/mol. The molecule has 0 unspecified atom stereocenters. The Morgan fingerprint density at radius 2 is 1.72 bits per heavy atom. The Balaban J connectivity index is 1.75. The molecule has 9 nitrogen and oxygen atoms in total. The molecule has 1 heterocycles. The van der Waals surface area contributed by atoms with E-state index in [2.05, 4.69) is 0 Å². The van der Waals surface area contributed by atoms with Crippen LogP contribution in [0, 0.1) is 21.7 Å². The number of rotatable bonds is 4. The fraction of sp³-hybridized carbons (Fsp3) is 0.235. The molecule has 0 aliphatic carbocycles. The van der Waals surface area contributed by atoms with Crippen LogP contribution in [-0.4, -0.2) is 54.6 Å². The van der Waals surface area contributed by atoms with Crippen molar-refractivity contribution in [3.05, 3.63) is 63.7 Å². The van der Waals surface area contributed by atoms with Crippen molar-refractivity contribution >= 4 is 27.3 Å². The highest BCUT2D eigenvalue weighted by Gasteiger charge is 2.32. The molecule has 0 radical (unpaired) electrons. The van der Waals surface area contributed by atoms with Crippen molar-refractivity contribution in [2.75, 3.05) is 31.9 Å². The number of anilines is 1. The smallest absolute Gasteiger partial charge is 0.292 e. The molecule has 1 saturated heterocycles. The largest absolute Gasteiger partial charge is 0.393 e. The third-order valence-corrected chi connectivity index (χ3v) is 6.42. The monoisotopic (exact) mass is 426 g/mol. The van der Waals surface area contributed by atoms with Gasteiger partial charge < -0.3 is 10.6 Å². The van der Waals surface area contributed by atoms with Crippen LogP contribution in [0.3, 0.4) is 0 Å². The van der Waals surface area contributed by atoms with Gasteiger partial charge in [-0.2, -0.15) is 4.31 Å². The molecule has 2 aromatic carbocycles. The lowest BCUT2D eigenvalue weighted by atomic mass is 10.1. The maximum absolute atomic E-state index is 13.9. The maximum atomic E-state index is 13.9. The number of nitro groups is 1. The number of nitrogens with zero attached hydrogens (tertiary/aromatic N) is 3. The fourth-order valence-electron chi connectivity index (χ4n) is 2.96. The molecule has 0 saturated carbocycles. The Morgan fingerprint density at radius 1 is 1.07 bits per heavy atom. The molecule has 1 aliphatic heterocycles. The van der Waals surface area contributed by atoms with Crippen LogP contribution in [0.25, 0.3) is 0 Å². The first-order chi connectivity index (χ1) is 13.6. The van der Waals surface area contributed by atoms with Crippen molar-refractivity contribution < 1.29 is 26.9 Å². The van der Waals surface area contributed by atoms with Crippen LogP contribution in [0.4, 0.5) is 20.2 Å². The number of nitrogens with two attached hydrogens (primary N) is 1. The Hall–Kier alpha value is -3.12. The number of carbonyl (C=O) groups excluding carboxylic acids is 1. The van der Waals surface area contributed by atoms with Gasteiger partial charge in [0.15, 0.2) is 0 Å². The topological polar surface area (TPSA) is 127 Å². The van der Waals surface area contributed by atoms with Gasteiger partial charge in [0.2, 0.25) is 10.0 Å². The van der Waals surface area contributed by atoms with E-state index < -0.39 is 43.1 Å². The van der Waals surface area contributed by atoms with Crippen molar-refractivity contribution in [3.63, 3.8) is 0 Å². The second-order valence-corrected chi connectivity index (χ2v) is 8.21. The molecule has 2 N–H and O–H groups in total. The van der Waals surface area contributed by atoms with Crippen LogP contribution in [0.1, 0.15) is 10.4 Å². The molecule has 0 spiro atoms. The van der Waals surface area contributed by atoms with Crippen LogP contribution < -0.4 is 5.73 Å². The number of nitro benzene ring substituents is 1. The highest BCUT2D eigenvalue weighted by Crippen LogP contribution is 2.25. The first kappa shape index (κ1) is 20.6. The summed E-state index contributed by atoms with van der Waals surface area (Å²) < 4.78 is 53.4. The van der Waals surface area contributed by atoms with Gasteiger partial charge in [0.1, 0.15) is 22.2 Å². The summed E-state index contributed by atoms with van der Waals surface area (Å²) in [6.07, 6.45) is 0. The first-order valence-corrected chi connectivity index (χ1v) is 9.83. The van der Waals surface area contributed by atoms with Gasteiger partial charge in [-0.05, 0) is 30.3 Å². The molecular formula is C17H16F2N4O5S. The summed E-state index contributed by atoms with van der Waals surface area (Å²) in [4.78, 5) is 23.4. The molecule has 1 amide bonds. The summed E-state index contributed by atoms with van der Waals surface area (Å²) >= 11 is 0. The van der Waals surface area contributed by atoms with Crippen LogP contribution in [0.15, 0.2) is 41.3 Å². The summed E-state index contributed by atoms with van der Waals surface area (Å²) in [6.45, 7) is -0.317. The maximum Gasteiger partial charge on any atom is 0.292 e. The van der Waals surface area contributed by atoms with Crippen molar-refractivity contribution in [3.8, 4) is 0 Å². The predicted octanol–water partition coefficient (Wildman–Crippen LogP) is 1.60. The number of halogens is 2. The summed E-state index contributed by atoms with van der Waals surface area (Å²) in [5, 5.41) is 11.0. The lowest BCUT2D eigenvalue weighted by molar-refractivity contribution is -0.383. The zero-order valence-electron chi connectivity index (χ0n) is 14.9. The molecule has 0 atom stereocenters. The Kier molecular flexibility index (Phi) is 5.48. The summed E-state index contributed by atoms with van der Waals surface area (Å²) in [5.41, 5.74) is 5.07. The fourth-order valence-corrected chi connectivity index (χ4v) is 4.46. The number of hydrogen-bond donors (Lipinski definition) is 1. The third kappa shape index (κ3) is 4.03. The minimum absolute atomic E-state index is 0.0207. The van der Waals surface area contributed by atoms with Gasteiger partial charge in [-0.25, -0.2) is 17.2 Å². The standard InChI is InChI=1S/C17H16F2N4O5S/c18-12-2-3-13(19)16(10-12)29(27,28)22-7-5-21(6-8-22)17(24)11-1-4-14(20)15(9-11)23(25)26/h1-4,9-10H,5-8,20H2. The molecule has 0 aromatic heterocycles. The van der Waals surface area contributed by atoms with Gasteiger partial charge in [-0.1, -0.05) is 0 Å². The van der Waals surface area contributed by atoms with E-state index >= 15 is 0 Å². The molecule has 154 valence electrons. The van der Waals surface area contributed by atoms with Gasteiger partial charge in [0.05, 0.1) is 4.92 Å². The van der Waals surface area contributed by atoms with Gasteiger partial charge in [-0.3, -0.25) is 14.9 Å². The van der Waals surface area contributed by atoms with Crippen molar-refractivity contribution in [2.24, 2.45) is 0 Å². The molecule has 3 rings (SSSR count). The van der Waals surface area contributed by atoms with E-state index in [1.807, 2.05) is 0 Å². The summed E-state index contributed by atoms with van der Waals surface area (Å²) in [7, 11) is -4.28. The normalized spacial score (nSPS) is 15.3. The van der Waals surface area contributed by atoms with E-state index in [0.717, 1.165) is 22.5 Å². The minimum atomic E-state index is -4.28. The highest BCUT2D eigenvalue weighted by molar-refractivity contribution is 7.89. The number of carbonyl (C=O) groups is 1. The summed E-state index contributed by atoms with van der Waals surface area (Å²) in [6, 6.07) is 5.81. The molecule has 2 aromatic rings. The van der Waals surface area contributed by atoms with E-state index in [-0.39, 0.29) is 37.4 Å². The SMILES string of the molecule is Nc1ccc(C(=O)N2CCN(S(=O)(=O)c3cc(F)ccc3F)CC2)cc1[N+](=O)[O-]. The van der Waals surface area contributed by atoms with Gasteiger partial charge in [-0.15, -0.1) is 0 Å². The number of sulfonamides is 1. The highest BCUT2D eigenvalue weighted by atomic mass is 32.2. The molecule has 1 fully saturated rings. The summed E-state index contributed by atoms with van der Waals surface area (Å²) in [5.74, 6) is -2.48. The van der Waals surface area contributed by atoms with E-state index in [1.165, 1.54) is 17.0 Å². The molecule has 1 aliphatic rings. The average Bonchev–Trinajstić information content (AvgIpc) is 2.69. The average molecular weight is 426 g/mol. The van der Waals surface area contributed by atoms with Gasteiger partial charge in [0.25, 0.3) is 11.6 Å². The third-order valence-electron chi connectivity index (χ3n) is 4.51. The molecule has 29 heavy (non-hydrogen) atoms. The van der Waals surface area contributed by atoms with E-state index in [9.17, 15) is 32.1 Å². The van der Waals surface area contributed by atoms with Gasteiger partial charge >= 0.3 is 0 Å². The zero-order valence-corrected chi connectivity index (χ0v) is 15.7. The van der Waals surface area contributed by atoms with Crippen LogP contribution in [0.5, 0.6) is 0 Å². The zero-order chi connectivity index (χ0) is 21.3. The number of benzene rings is 2. The van der Waals surface area contributed by atoms with Crippen LogP contribution in [-0.2, 0) is 10.0 Å². The van der Waals surface area contributed by atoms with Crippen molar-refractivity contribution in [1.82, 2.24) is 9.21 Å². The molecule has 12 heteroatoms. The van der Waals surface area contributed by atoms with Crippen LogP contribution >= 0.6 is 0 Å². The van der Waals surface area contributed by atoms with E-state index in [1.54, 1.807) is 0 Å². The second-order valence-electron chi connectivity index (χ2n) is 6.30. The number of piperazine rings is 1. The number of nitrogen functional groups attached to an aromatic ring is 1. The number of hydrogen-bond acceptors (Lipinski definition) is 6. The molecule has 0 bridgehead atoms. The Morgan fingerprint density at radius 3 is 2.34 bits per heavy atom.